The van der Waals surface area contributed by atoms with Crippen LogP contribution in [-0.4, -0.2) is 18.2 Å². The Balaban J connectivity index is 2.14. The molecule has 5 heteroatoms. The van der Waals surface area contributed by atoms with E-state index in [1.54, 1.807) is 26.8 Å². The monoisotopic (exact) mass is 266 g/mol. The molecule has 0 atom stereocenters. The molecule has 0 fully saturated rings. The topological polar surface area (TPSA) is 50.4 Å². The van der Waals surface area contributed by atoms with E-state index in [1.165, 1.54) is 6.07 Å². The third kappa shape index (κ3) is 3.67. The third-order valence-electron chi connectivity index (χ3n) is 2.81. The van der Waals surface area contributed by atoms with Crippen LogP contribution >= 0.6 is 0 Å². The fourth-order valence-corrected chi connectivity index (χ4v) is 2.01. The van der Waals surface area contributed by atoms with E-state index in [0.717, 1.165) is 24.1 Å². The van der Waals surface area contributed by atoms with Crippen molar-refractivity contribution in [3.8, 4) is 0 Å². The molecule has 1 heterocycles. The Bertz CT molecular complexity index is 495. The van der Waals surface area contributed by atoms with Crippen LogP contribution in [0.1, 0.15) is 31.9 Å². The molecule has 0 spiro atoms. The standard InChI is InChI=1S/C14H19FN2O2/c1-14(2,3)19-13(18)17-12-7-10-8-16-5-4-9(10)6-11(12)15/h6-7,16H,4-5,8H2,1-3H3,(H,17,18). The molecule has 0 aliphatic carbocycles. The second kappa shape index (κ2) is 5.17. The van der Waals surface area contributed by atoms with Crippen molar-refractivity contribution in [2.24, 2.45) is 0 Å². The van der Waals surface area contributed by atoms with E-state index in [4.69, 9.17) is 4.74 Å². The van der Waals surface area contributed by atoms with Crippen molar-refractivity contribution >= 4 is 11.8 Å². The van der Waals surface area contributed by atoms with E-state index in [-0.39, 0.29) is 5.69 Å². The Morgan fingerprint density at radius 3 is 2.79 bits per heavy atom. The van der Waals surface area contributed by atoms with Crippen LogP contribution in [0.3, 0.4) is 0 Å². The predicted molar refractivity (Wildman–Crippen MR) is 71.7 cm³/mol. The highest BCUT2D eigenvalue weighted by atomic mass is 19.1. The lowest BCUT2D eigenvalue weighted by atomic mass is 10.00. The summed E-state index contributed by atoms with van der Waals surface area (Å²) in [5.41, 5.74) is 1.57. The maximum absolute atomic E-state index is 13.9. The Hall–Kier alpha value is -1.62. The predicted octanol–water partition coefficient (Wildman–Crippen LogP) is 2.82. The first-order chi connectivity index (χ1) is 8.85. The highest BCUT2D eigenvalue weighted by Crippen LogP contribution is 2.23. The Morgan fingerprint density at radius 2 is 2.11 bits per heavy atom. The van der Waals surface area contributed by atoms with Crippen molar-refractivity contribution in [1.82, 2.24) is 5.32 Å². The second-order valence-electron chi connectivity index (χ2n) is 5.65. The van der Waals surface area contributed by atoms with Crippen molar-refractivity contribution in [3.05, 3.63) is 29.1 Å². The van der Waals surface area contributed by atoms with Gasteiger partial charge in [-0.05, 0) is 57.0 Å². The number of rotatable bonds is 1. The third-order valence-corrected chi connectivity index (χ3v) is 2.81. The first kappa shape index (κ1) is 13.8. The zero-order chi connectivity index (χ0) is 14.0. The van der Waals surface area contributed by atoms with Crippen LogP contribution in [0.4, 0.5) is 14.9 Å². The second-order valence-corrected chi connectivity index (χ2v) is 5.65. The lowest BCUT2D eigenvalue weighted by Crippen LogP contribution is -2.28. The molecular formula is C14H19FN2O2. The van der Waals surface area contributed by atoms with Gasteiger partial charge < -0.3 is 10.1 Å². The van der Waals surface area contributed by atoms with Crippen LogP contribution in [0.5, 0.6) is 0 Å². The molecule has 0 aromatic heterocycles. The molecule has 0 saturated carbocycles. The molecule has 1 aliphatic rings. The van der Waals surface area contributed by atoms with Crippen LogP contribution < -0.4 is 10.6 Å². The minimum atomic E-state index is -0.643. The lowest BCUT2D eigenvalue weighted by Gasteiger charge is -2.21. The van der Waals surface area contributed by atoms with Gasteiger partial charge >= 0.3 is 6.09 Å². The number of fused-ring (bicyclic) bond motifs is 1. The quantitative estimate of drug-likeness (QED) is 0.821. The highest BCUT2D eigenvalue weighted by Gasteiger charge is 2.19. The zero-order valence-electron chi connectivity index (χ0n) is 11.5. The van der Waals surface area contributed by atoms with E-state index < -0.39 is 17.5 Å². The van der Waals surface area contributed by atoms with Crippen LogP contribution in [0.15, 0.2) is 12.1 Å². The molecule has 0 radical (unpaired) electrons. The summed E-state index contributed by atoms with van der Waals surface area (Å²) in [7, 11) is 0. The average Bonchev–Trinajstić information content (AvgIpc) is 2.27. The van der Waals surface area contributed by atoms with Gasteiger partial charge in [0.1, 0.15) is 11.4 Å². The maximum Gasteiger partial charge on any atom is 0.412 e. The SMILES string of the molecule is CC(C)(C)OC(=O)Nc1cc2c(cc1F)CCNC2. The first-order valence-electron chi connectivity index (χ1n) is 6.37. The number of carbonyl (C=O) groups is 1. The minimum Gasteiger partial charge on any atom is -0.444 e. The molecule has 1 aromatic rings. The normalized spacial score (nSPS) is 14.7. The number of halogens is 1. The summed E-state index contributed by atoms with van der Waals surface area (Å²) in [6.07, 6.45) is 0.161. The van der Waals surface area contributed by atoms with Crippen LogP contribution in [-0.2, 0) is 17.7 Å². The number of anilines is 1. The Kier molecular flexibility index (Phi) is 3.75. The summed E-state index contributed by atoms with van der Waals surface area (Å²) < 4.78 is 19.0. The van der Waals surface area contributed by atoms with Gasteiger partial charge in [-0.15, -0.1) is 0 Å². The Morgan fingerprint density at radius 1 is 1.37 bits per heavy atom. The smallest absolute Gasteiger partial charge is 0.412 e. The number of amides is 1. The zero-order valence-corrected chi connectivity index (χ0v) is 11.5. The summed E-state index contributed by atoms with van der Waals surface area (Å²) in [5, 5.41) is 5.67. The molecule has 4 nitrogen and oxygen atoms in total. The number of hydrogen-bond donors (Lipinski definition) is 2. The molecular weight excluding hydrogens is 247 g/mol. The summed E-state index contributed by atoms with van der Waals surface area (Å²) >= 11 is 0. The molecule has 1 aromatic carbocycles. The van der Waals surface area contributed by atoms with Gasteiger partial charge in [-0.1, -0.05) is 0 Å². The average molecular weight is 266 g/mol. The summed E-state index contributed by atoms with van der Waals surface area (Å²) in [6.45, 7) is 6.84. The van der Waals surface area contributed by atoms with Gasteiger partial charge in [0.05, 0.1) is 5.69 Å². The number of nitrogens with one attached hydrogen (secondary N) is 2. The van der Waals surface area contributed by atoms with Gasteiger partial charge in [-0.3, -0.25) is 5.32 Å². The number of hydrogen-bond acceptors (Lipinski definition) is 3. The van der Waals surface area contributed by atoms with Crippen LogP contribution in [0.2, 0.25) is 0 Å². The largest absolute Gasteiger partial charge is 0.444 e. The van der Waals surface area contributed by atoms with E-state index in [1.807, 2.05) is 0 Å². The van der Waals surface area contributed by atoms with Gasteiger partial charge in [0, 0.05) is 6.54 Å². The van der Waals surface area contributed by atoms with Crippen molar-refractivity contribution < 1.29 is 13.9 Å². The number of benzene rings is 1. The van der Waals surface area contributed by atoms with E-state index in [9.17, 15) is 9.18 Å². The molecule has 1 aliphatic heterocycles. The van der Waals surface area contributed by atoms with Crippen molar-refractivity contribution in [2.45, 2.75) is 39.3 Å². The Labute approximate surface area is 112 Å². The summed E-state index contributed by atoms with van der Waals surface area (Å²) in [4.78, 5) is 11.6. The summed E-state index contributed by atoms with van der Waals surface area (Å²) in [6, 6.07) is 3.16. The van der Waals surface area contributed by atoms with Gasteiger partial charge in [0.25, 0.3) is 0 Å². The minimum absolute atomic E-state index is 0.164. The highest BCUT2D eigenvalue weighted by molar-refractivity contribution is 5.85. The van der Waals surface area contributed by atoms with Crippen LogP contribution in [0, 0.1) is 5.82 Å². The van der Waals surface area contributed by atoms with E-state index in [0.29, 0.717) is 6.54 Å². The molecule has 104 valence electrons. The van der Waals surface area contributed by atoms with E-state index in [2.05, 4.69) is 10.6 Å². The maximum atomic E-state index is 13.9. The van der Waals surface area contributed by atoms with Crippen LogP contribution in [0.25, 0.3) is 0 Å². The first-order valence-corrected chi connectivity index (χ1v) is 6.37. The number of carbonyl (C=O) groups excluding carboxylic acids is 1. The van der Waals surface area contributed by atoms with Crippen molar-refractivity contribution in [1.29, 1.82) is 0 Å². The van der Waals surface area contributed by atoms with Gasteiger partial charge in [-0.25, -0.2) is 9.18 Å². The number of ether oxygens (including phenoxy) is 1. The molecule has 0 unspecified atom stereocenters. The molecule has 19 heavy (non-hydrogen) atoms. The summed E-state index contributed by atoms with van der Waals surface area (Å²) in [5.74, 6) is -0.425. The van der Waals surface area contributed by atoms with Crippen molar-refractivity contribution in [2.75, 3.05) is 11.9 Å². The fourth-order valence-electron chi connectivity index (χ4n) is 2.01. The molecule has 0 bridgehead atoms. The van der Waals surface area contributed by atoms with E-state index >= 15 is 0 Å². The molecule has 1 amide bonds. The van der Waals surface area contributed by atoms with Gasteiger partial charge in [0.2, 0.25) is 0 Å². The fraction of sp³-hybridized carbons (Fsp3) is 0.500. The van der Waals surface area contributed by atoms with Gasteiger partial charge in [0.15, 0.2) is 0 Å². The van der Waals surface area contributed by atoms with Gasteiger partial charge in [-0.2, -0.15) is 0 Å². The molecule has 2 N–H and O–H groups in total. The molecule has 2 rings (SSSR count). The lowest BCUT2D eigenvalue weighted by molar-refractivity contribution is 0.0635. The van der Waals surface area contributed by atoms with Crippen molar-refractivity contribution in [3.63, 3.8) is 0 Å². The molecule has 0 saturated heterocycles.